The molecular formula is C39H44N2O4S. The predicted molar refractivity (Wildman–Crippen MR) is 187 cm³/mol. The molecule has 5 rings (SSSR count). The van der Waals surface area contributed by atoms with Crippen molar-refractivity contribution in [1.29, 1.82) is 0 Å². The number of carbonyl (C=O) groups excluding carboxylic acids is 1. The minimum atomic E-state index is -0.732. The van der Waals surface area contributed by atoms with Crippen LogP contribution < -0.4 is 14.9 Å². The number of thiazole rings is 1. The van der Waals surface area contributed by atoms with Crippen LogP contribution in [0.25, 0.3) is 11.8 Å². The van der Waals surface area contributed by atoms with Gasteiger partial charge in [0.15, 0.2) is 4.80 Å². The van der Waals surface area contributed by atoms with Crippen LogP contribution in [-0.2, 0) is 20.4 Å². The molecule has 240 valence electrons. The number of hydrogen-bond acceptors (Lipinski definition) is 6. The molecule has 1 aliphatic rings. The van der Waals surface area contributed by atoms with Crippen LogP contribution >= 0.6 is 11.3 Å². The second-order valence-corrected chi connectivity index (χ2v) is 15.2. The molecule has 0 radical (unpaired) electrons. The maximum Gasteiger partial charge on any atom is 0.338 e. The summed E-state index contributed by atoms with van der Waals surface area (Å²) in [5, 5.41) is 11.3. The largest absolute Gasteiger partial charge is 0.507 e. The van der Waals surface area contributed by atoms with Gasteiger partial charge < -0.3 is 9.84 Å². The van der Waals surface area contributed by atoms with E-state index in [9.17, 15) is 14.7 Å². The Morgan fingerprint density at radius 2 is 1.57 bits per heavy atom. The second kappa shape index (κ2) is 12.5. The highest BCUT2D eigenvalue weighted by Gasteiger charge is 2.35. The zero-order valence-electron chi connectivity index (χ0n) is 28.3. The second-order valence-electron chi connectivity index (χ2n) is 14.2. The molecule has 0 aliphatic carbocycles. The molecule has 0 unspecified atom stereocenters. The first-order valence-corrected chi connectivity index (χ1v) is 16.7. The van der Waals surface area contributed by atoms with Crippen LogP contribution in [0.4, 0.5) is 0 Å². The van der Waals surface area contributed by atoms with Crippen LogP contribution in [0.2, 0.25) is 0 Å². The molecule has 0 saturated heterocycles. The van der Waals surface area contributed by atoms with Gasteiger partial charge in [-0.2, -0.15) is 0 Å². The molecule has 1 aromatic heterocycles. The molecule has 0 amide bonds. The van der Waals surface area contributed by atoms with Crippen molar-refractivity contribution in [2.24, 2.45) is 4.99 Å². The predicted octanol–water partition coefficient (Wildman–Crippen LogP) is 7.36. The highest BCUT2D eigenvalue weighted by atomic mass is 32.1. The van der Waals surface area contributed by atoms with Crippen LogP contribution in [0.3, 0.4) is 0 Å². The Morgan fingerprint density at radius 1 is 0.978 bits per heavy atom. The molecule has 6 nitrogen and oxygen atoms in total. The quantitative estimate of drug-likeness (QED) is 0.224. The lowest BCUT2D eigenvalue weighted by molar-refractivity contribution is -0.138. The summed E-state index contributed by atoms with van der Waals surface area (Å²) < 4.78 is 7.73. The number of rotatable bonds is 6. The standard InChI is InChI=1S/C39H44N2O4S/c1-10-45-36(44)31-32(26-14-12-11-13-15-26)40-37-41(33(31)27-18-16-25(17-19-27)23(2)3)35(43)30(46-37)22-24-20-28(38(4,5)6)34(42)29(21-24)39(7,8)9/h11-23,33,42H,10H2,1-9H3/b30-22+/t33-/m1/s1. The highest BCUT2D eigenvalue weighted by molar-refractivity contribution is 7.07. The Bertz CT molecular complexity index is 1950. The highest BCUT2D eigenvalue weighted by Crippen LogP contribution is 2.40. The van der Waals surface area contributed by atoms with Gasteiger partial charge in [0, 0.05) is 16.7 Å². The molecule has 2 heterocycles. The Labute approximate surface area is 275 Å². The zero-order valence-corrected chi connectivity index (χ0v) is 29.1. The fourth-order valence-corrected chi connectivity index (χ4v) is 6.85. The fourth-order valence-electron chi connectivity index (χ4n) is 5.85. The van der Waals surface area contributed by atoms with E-state index in [4.69, 9.17) is 9.73 Å². The number of carbonyl (C=O) groups is 1. The number of benzene rings is 3. The molecule has 3 aromatic carbocycles. The lowest BCUT2D eigenvalue weighted by Crippen LogP contribution is -2.40. The monoisotopic (exact) mass is 636 g/mol. The van der Waals surface area contributed by atoms with Crippen molar-refractivity contribution < 1.29 is 14.6 Å². The number of hydrogen-bond donors (Lipinski definition) is 1. The number of nitrogens with zero attached hydrogens (tertiary/aromatic N) is 2. The topological polar surface area (TPSA) is 80.9 Å². The van der Waals surface area contributed by atoms with Gasteiger partial charge in [-0.05, 0) is 58.6 Å². The number of phenols is 1. The van der Waals surface area contributed by atoms with E-state index >= 15 is 0 Å². The minimum absolute atomic E-state index is 0.195. The first kappa shape index (κ1) is 33.1. The van der Waals surface area contributed by atoms with Crippen molar-refractivity contribution in [3.05, 3.63) is 125 Å². The van der Waals surface area contributed by atoms with E-state index in [0.717, 1.165) is 33.4 Å². The maximum absolute atomic E-state index is 14.4. The summed E-state index contributed by atoms with van der Waals surface area (Å²) in [5.74, 6) is 0.118. The Morgan fingerprint density at radius 3 is 2.09 bits per heavy atom. The van der Waals surface area contributed by atoms with Gasteiger partial charge in [0.05, 0.1) is 28.5 Å². The summed E-state index contributed by atoms with van der Waals surface area (Å²) >= 11 is 1.30. The van der Waals surface area contributed by atoms with Crippen LogP contribution in [0.5, 0.6) is 5.75 Å². The molecule has 7 heteroatoms. The number of aromatic hydroxyl groups is 1. The van der Waals surface area contributed by atoms with Crippen molar-refractivity contribution in [3.63, 3.8) is 0 Å². The summed E-state index contributed by atoms with van der Waals surface area (Å²) in [6.45, 7) is 18.6. The van der Waals surface area contributed by atoms with Gasteiger partial charge in [-0.25, -0.2) is 9.79 Å². The normalized spacial score (nSPS) is 15.6. The number of aromatic nitrogens is 1. The molecule has 0 fully saturated rings. The SMILES string of the molecule is CCOC(=O)C1=C(c2ccccc2)N=c2s/c(=C/c3cc(C(C)(C)C)c(O)c(C(C)(C)C)c3)c(=O)n2[C@@H]1c1ccc(C(C)C)cc1. The van der Waals surface area contributed by atoms with Gasteiger partial charge in [0.2, 0.25) is 0 Å². The van der Waals surface area contributed by atoms with Gasteiger partial charge in [-0.15, -0.1) is 0 Å². The molecule has 46 heavy (non-hydrogen) atoms. The van der Waals surface area contributed by atoms with Crippen LogP contribution in [-0.4, -0.2) is 22.2 Å². The molecule has 0 spiro atoms. The average molecular weight is 637 g/mol. The van der Waals surface area contributed by atoms with Crippen molar-refractivity contribution in [2.75, 3.05) is 6.61 Å². The Balaban J connectivity index is 1.83. The number of esters is 1. The van der Waals surface area contributed by atoms with E-state index in [2.05, 4.69) is 67.5 Å². The molecule has 1 atom stereocenters. The summed E-state index contributed by atoms with van der Waals surface area (Å²) in [6, 6.07) is 20.9. The Kier molecular flexibility index (Phi) is 9.02. The van der Waals surface area contributed by atoms with Gasteiger partial charge in [0.25, 0.3) is 5.56 Å². The van der Waals surface area contributed by atoms with Crippen LogP contribution in [0, 0.1) is 0 Å². The molecule has 1 N–H and O–H groups in total. The Hall–Kier alpha value is -4.23. The van der Waals surface area contributed by atoms with Gasteiger partial charge in [-0.1, -0.05) is 121 Å². The minimum Gasteiger partial charge on any atom is -0.507 e. The van der Waals surface area contributed by atoms with Crippen LogP contribution in [0.15, 0.2) is 82.1 Å². The van der Waals surface area contributed by atoms with Gasteiger partial charge in [0.1, 0.15) is 5.75 Å². The van der Waals surface area contributed by atoms with Crippen molar-refractivity contribution in [3.8, 4) is 5.75 Å². The van der Waals surface area contributed by atoms with E-state index in [1.807, 2.05) is 60.7 Å². The van der Waals surface area contributed by atoms with Gasteiger partial charge >= 0.3 is 5.97 Å². The first-order chi connectivity index (χ1) is 21.6. The van der Waals surface area contributed by atoms with Gasteiger partial charge in [-0.3, -0.25) is 9.36 Å². The summed E-state index contributed by atoms with van der Waals surface area (Å²) in [6.07, 6.45) is 1.88. The summed E-state index contributed by atoms with van der Waals surface area (Å²) in [5.41, 5.74) is 5.16. The summed E-state index contributed by atoms with van der Waals surface area (Å²) in [4.78, 5) is 33.7. The van der Waals surface area contributed by atoms with E-state index in [1.165, 1.54) is 11.3 Å². The molecule has 1 aliphatic heterocycles. The van der Waals surface area contributed by atoms with E-state index in [0.29, 0.717) is 26.5 Å². The van der Waals surface area contributed by atoms with Crippen molar-refractivity contribution in [2.45, 2.75) is 85.1 Å². The molecule has 0 saturated carbocycles. The van der Waals surface area contributed by atoms with Crippen LogP contribution in [0.1, 0.15) is 108 Å². The summed E-state index contributed by atoms with van der Waals surface area (Å²) in [7, 11) is 0. The third-order valence-corrected chi connectivity index (χ3v) is 9.32. The third-order valence-electron chi connectivity index (χ3n) is 8.34. The zero-order chi connectivity index (χ0) is 33.6. The lowest BCUT2D eigenvalue weighted by atomic mass is 9.78. The molecule has 4 aromatic rings. The third kappa shape index (κ3) is 6.38. The molecule has 0 bridgehead atoms. The lowest BCUT2D eigenvalue weighted by Gasteiger charge is -2.27. The number of phenolic OH excluding ortho intramolecular Hbond substituents is 1. The average Bonchev–Trinajstić information content (AvgIpc) is 3.30. The van der Waals surface area contributed by atoms with E-state index in [1.54, 1.807) is 11.5 Å². The number of ether oxygens (including phenoxy) is 1. The first-order valence-electron chi connectivity index (χ1n) is 15.9. The van der Waals surface area contributed by atoms with E-state index in [-0.39, 0.29) is 28.7 Å². The maximum atomic E-state index is 14.4. The van der Waals surface area contributed by atoms with Crippen molar-refractivity contribution >= 4 is 29.1 Å². The van der Waals surface area contributed by atoms with Crippen molar-refractivity contribution in [1.82, 2.24) is 4.57 Å². The smallest absolute Gasteiger partial charge is 0.338 e. The fraction of sp³-hybridized carbons (Fsp3) is 0.359. The van der Waals surface area contributed by atoms with E-state index < -0.39 is 12.0 Å². The molecular weight excluding hydrogens is 593 g/mol. The number of fused-ring (bicyclic) bond motifs is 1.